The number of nitrogens with one attached hydrogen (secondary N) is 1. The van der Waals surface area contributed by atoms with Crippen LogP contribution in [0.25, 0.3) is 0 Å². The Labute approximate surface area is 138 Å². The molecule has 0 unspecified atom stereocenters. The van der Waals surface area contributed by atoms with E-state index in [-0.39, 0.29) is 0 Å². The third-order valence-electron chi connectivity index (χ3n) is 3.75. The van der Waals surface area contributed by atoms with Crippen LogP contribution in [0.2, 0.25) is 0 Å². The lowest BCUT2D eigenvalue weighted by Gasteiger charge is -2.31. The Morgan fingerprint density at radius 1 is 1.48 bits per heavy atom. The number of nitrogens with two attached hydrogens (primary N) is 2. The number of quaternary nitrogens is 1. The molecule has 0 aromatic heterocycles. The molecule has 1 aliphatic heterocycles. The molecule has 1 aromatic carbocycles. The van der Waals surface area contributed by atoms with Gasteiger partial charge in [-0.1, -0.05) is 6.58 Å². The lowest BCUT2D eigenvalue weighted by atomic mass is 10.2. The molecule has 6 nitrogen and oxygen atoms in total. The van der Waals surface area contributed by atoms with Crippen molar-refractivity contribution in [3.63, 3.8) is 0 Å². The molecule has 0 atom stereocenters. The smallest absolute Gasteiger partial charge is 0.144 e. The molecule has 0 amide bonds. The molecule has 0 saturated carbocycles. The summed E-state index contributed by atoms with van der Waals surface area (Å²) in [6.07, 6.45) is 5.87. The highest BCUT2D eigenvalue weighted by molar-refractivity contribution is 5.65. The van der Waals surface area contributed by atoms with Gasteiger partial charge in [-0.05, 0) is 18.3 Å². The van der Waals surface area contributed by atoms with Gasteiger partial charge in [-0.25, -0.2) is 0 Å². The monoisotopic (exact) mass is 318 g/mol. The summed E-state index contributed by atoms with van der Waals surface area (Å²) >= 11 is 0. The van der Waals surface area contributed by atoms with Gasteiger partial charge >= 0.3 is 0 Å². The van der Waals surface area contributed by atoms with Gasteiger partial charge in [-0.3, -0.25) is 0 Å². The summed E-state index contributed by atoms with van der Waals surface area (Å²) in [6.45, 7) is 9.14. The Bertz CT molecular complexity index is 532. The molecule has 0 spiro atoms. The third kappa shape index (κ3) is 5.19. The average molecular weight is 318 g/mol. The number of anilines is 2. The largest absolute Gasteiger partial charge is 0.489 e. The zero-order valence-corrected chi connectivity index (χ0v) is 13.9. The molecule has 0 fully saturated rings. The summed E-state index contributed by atoms with van der Waals surface area (Å²) in [6, 6.07) is 5.86. The summed E-state index contributed by atoms with van der Waals surface area (Å²) < 4.78 is 5.68. The normalized spacial score (nSPS) is 13.7. The number of benzene rings is 1. The molecule has 0 radical (unpaired) electrons. The van der Waals surface area contributed by atoms with Gasteiger partial charge in [0.2, 0.25) is 0 Å². The predicted molar refractivity (Wildman–Crippen MR) is 95.3 cm³/mol. The number of nitrogens with zero attached hydrogens (tertiary/aromatic N) is 2. The topological polar surface area (TPSA) is 70.4 Å². The van der Waals surface area contributed by atoms with Gasteiger partial charge in [0.25, 0.3) is 0 Å². The van der Waals surface area contributed by atoms with Crippen molar-refractivity contribution in [3.8, 4) is 5.75 Å². The van der Waals surface area contributed by atoms with Crippen molar-refractivity contribution in [2.75, 3.05) is 57.0 Å². The Hall–Kier alpha value is -2.18. The fourth-order valence-corrected chi connectivity index (χ4v) is 2.50. The Morgan fingerprint density at radius 2 is 2.35 bits per heavy atom. The standard InChI is InChI=1S/C17H27N5O/c1-3-21(9-6-19-2)10-7-20-8-11-22-12-13-23-17-14-15(18)4-5-16(17)22/h3-6,9,14,19-20H,1,7-8,10-13,18H2,2H3/p+1/b9-6-. The SMILES string of the molecule is C=CN(/C=C\[NH2+]C)CCNCCN1CCOc2cc(N)ccc21. The van der Waals surface area contributed by atoms with Crippen LogP contribution in [0.4, 0.5) is 11.4 Å². The first-order valence-electron chi connectivity index (χ1n) is 8.07. The maximum Gasteiger partial charge on any atom is 0.144 e. The molecule has 1 heterocycles. The van der Waals surface area contributed by atoms with Gasteiger partial charge < -0.3 is 30.9 Å². The van der Waals surface area contributed by atoms with Crippen LogP contribution in [-0.2, 0) is 0 Å². The van der Waals surface area contributed by atoms with Crippen LogP contribution in [0, 0.1) is 0 Å². The molecule has 126 valence electrons. The molecule has 2 rings (SSSR count). The molecular weight excluding hydrogens is 290 g/mol. The Kier molecular flexibility index (Phi) is 6.77. The van der Waals surface area contributed by atoms with Crippen LogP contribution in [0.15, 0.2) is 43.4 Å². The summed E-state index contributed by atoms with van der Waals surface area (Å²) in [5, 5.41) is 5.48. The summed E-state index contributed by atoms with van der Waals surface area (Å²) in [5.41, 5.74) is 7.68. The fourth-order valence-electron chi connectivity index (χ4n) is 2.50. The molecule has 1 aromatic rings. The van der Waals surface area contributed by atoms with Crippen molar-refractivity contribution in [1.29, 1.82) is 0 Å². The molecule has 6 heteroatoms. The highest BCUT2D eigenvalue weighted by atomic mass is 16.5. The van der Waals surface area contributed by atoms with E-state index in [4.69, 9.17) is 10.5 Å². The second kappa shape index (κ2) is 9.07. The van der Waals surface area contributed by atoms with Crippen LogP contribution in [0.5, 0.6) is 5.75 Å². The molecular formula is C17H28N5O+. The zero-order chi connectivity index (χ0) is 16.5. The molecule has 1 aliphatic rings. The van der Waals surface area contributed by atoms with Crippen molar-refractivity contribution in [1.82, 2.24) is 10.2 Å². The van der Waals surface area contributed by atoms with Crippen LogP contribution >= 0.6 is 0 Å². The first-order valence-corrected chi connectivity index (χ1v) is 8.07. The average Bonchev–Trinajstić information content (AvgIpc) is 2.57. The first kappa shape index (κ1) is 17.2. The highest BCUT2D eigenvalue weighted by Crippen LogP contribution is 2.32. The Morgan fingerprint density at radius 3 is 3.13 bits per heavy atom. The molecule has 23 heavy (non-hydrogen) atoms. The van der Waals surface area contributed by atoms with Gasteiger partial charge in [-0.15, -0.1) is 0 Å². The van der Waals surface area contributed by atoms with E-state index in [1.165, 1.54) is 0 Å². The second-order valence-corrected chi connectivity index (χ2v) is 5.41. The van der Waals surface area contributed by atoms with Crippen molar-refractivity contribution in [2.24, 2.45) is 0 Å². The van der Waals surface area contributed by atoms with E-state index in [2.05, 4.69) is 21.7 Å². The summed E-state index contributed by atoms with van der Waals surface area (Å²) in [4.78, 5) is 4.41. The van der Waals surface area contributed by atoms with Crippen LogP contribution < -0.4 is 26.0 Å². The number of ether oxygens (including phenoxy) is 1. The molecule has 0 bridgehead atoms. The van der Waals surface area contributed by atoms with E-state index >= 15 is 0 Å². The van der Waals surface area contributed by atoms with Gasteiger partial charge in [0.1, 0.15) is 18.6 Å². The summed E-state index contributed by atoms with van der Waals surface area (Å²) in [7, 11) is 2.00. The van der Waals surface area contributed by atoms with Gasteiger partial charge in [-0.2, -0.15) is 0 Å². The van der Waals surface area contributed by atoms with Crippen LogP contribution in [0.3, 0.4) is 0 Å². The Balaban J connectivity index is 1.73. The van der Waals surface area contributed by atoms with Crippen molar-refractivity contribution < 1.29 is 10.1 Å². The lowest BCUT2D eigenvalue weighted by Crippen LogP contribution is -2.72. The van der Waals surface area contributed by atoms with Crippen LogP contribution in [-0.4, -0.2) is 51.3 Å². The van der Waals surface area contributed by atoms with Gasteiger partial charge in [0.05, 0.1) is 25.5 Å². The minimum atomic E-state index is 0.707. The van der Waals surface area contributed by atoms with E-state index in [0.717, 1.165) is 49.8 Å². The maximum atomic E-state index is 5.81. The minimum Gasteiger partial charge on any atom is -0.489 e. The van der Waals surface area contributed by atoms with Gasteiger partial charge in [0, 0.05) is 37.9 Å². The van der Waals surface area contributed by atoms with Crippen LogP contribution in [0.1, 0.15) is 0 Å². The minimum absolute atomic E-state index is 0.707. The highest BCUT2D eigenvalue weighted by Gasteiger charge is 2.17. The maximum absolute atomic E-state index is 5.81. The van der Waals surface area contributed by atoms with Crippen molar-refractivity contribution in [2.45, 2.75) is 0 Å². The molecule has 0 aliphatic carbocycles. The number of nitrogen functional groups attached to an aromatic ring is 1. The lowest BCUT2D eigenvalue weighted by molar-refractivity contribution is -0.557. The van der Waals surface area contributed by atoms with E-state index in [1.807, 2.05) is 49.2 Å². The van der Waals surface area contributed by atoms with E-state index in [0.29, 0.717) is 6.61 Å². The third-order valence-corrected chi connectivity index (χ3v) is 3.75. The number of hydrogen-bond acceptors (Lipinski definition) is 5. The fraction of sp³-hybridized carbons (Fsp3) is 0.412. The first-order chi connectivity index (χ1) is 11.2. The predicted octanol–water partition coefficient (Wildman–Crippen LogP) is 0.167. The van der Waals surface area contributed by atoms with E-state index in [9.17, 15) is 0 Å². The van der Waals surface area contributed by atoms with Crippen molar-refractivity contribution >= 4 is 11.4 Å². The number of hydrogen-bond donors (Lipinski definition) is 3. The molecule has 0 saturated heterocycles. The quantitative estimate of drug-likeness (QED) is 0.447. The zero-order valence-electron chi connectivity index (χ0n) is 13.9. The van der Waals surface area contributed by atoms with Crippen molar-refractivity contribution in [3.05, 3.63) is 43.4 Å². The summed E-state index contributed by atoms with van der Waals surface area (Å²) in [5.74, 6) is 0.884. The van der Waals surface area contributed by atoms with E-state index in [1.54, 1.807) is 0 Å². The van der Waals surface area contributed by atoms with Gasteiger partial charge in [0.15, 0.2) is 0 Å². The number of rotatable bonds is 9. The molecule has 5 N–H and O–H groups in total. The second-order valence-electron chi connectivity index (χ2n) is 5.41. The van der Waals surface area contributed by atoms with E-state index < -0.39 is 0 Å². The number of fused-ring (bicyclic) bond motifs is 1.